The molecule has 3 aromatic rings. The van der Waals surface area contributed by atoms with E-state index in [9.17, 15) is 9.18 Å². The molecule has 104 valence electrons. The summed E-state index contributed by atoms with van der Waals surface area (Å²) in [5.74, 6) is -0.352. The van der Waals surface area contributed by atoms with Crippen LogP contribution in [0.4, 0.5) is 10.1 Å². The number of nitrogens with zero attached hydrogens (tertiary/aromatic N) is 5. The van der Waals surface area contributed by atoms with Gasteiger partial charge in [0.2, 0.25) is 0 Å². The maximum absolute atomic E-state index is 12.8. The van der Waals surface area contributed by atoms with Crippen LogP contribution in [-0.4, -0.2) is 30.6 Å². The third kappa shape index (κ3) is 2.89. The van der Waals surface area contributed by atoms with Crippen molar-refractivity contribution in [1.82, 2.24) is 24.7 Å². The average Bonchev–Trinajstić information content (AvgIpc) is 3.04. The van der Waals surface area contributed by atoms with Crippen LogP contribution in [0.25, 0.3) is 5.82 Å². The average molecular weight is 284 g/mol. The van der Waals surface area contributed by atoms with E-state index in [4.69, 9.17) is 0 Å². The van der Waals surface area contributed by atoms with Crippen molar-refractivity contribution >= 4 is 11.6 Å². The second kappa shape index (κ2) is 5.45. The molecule has 7 nitrogen and oxygen atoms in total. The molecule has 0 saturated heterocycles. The van der Waals surface area contributed by atoms with Crippen molar-refractivity contribution in [1.29, 1.82) is 0 Å². The van der Waals surface area contributed by atoms with E-state index in [1.54, 1.807) is 0 Å². The number of rotatable bonds is 3. The second-order valence-electron chi connectivity index (χ2n) is 4.06. The number of amides is 1. The Bertz CT molecular complexity index is 739. The molecule has 0 radical (unpaired) electrons. The zero-order valence-electron chi connectivity index (χ0n) is 10.6. The van der Waals surface area contributed by atoms with E-state index in [0.29, 0.717) is 11.5 Å². The number of halogens is 1. The van der Waals surface area contributed by atoms with Gasteiger partial charge in [-0.2, -0.15) is 5.10 Å². The molecule has 0 bridgehead atoms. The van der Waals surface area contributed by atoms with E-state index in [2.05, 4.69) is 25.4 Å². The van der Waals surface area contributed by atoms with Gasteiger partial charge in [0.1, 0.15) is 24.2 Å². The summed E-state index contributed by atoms with van der Waals surface area (Å²) in [7, 11) is 0. The third-order valence-corrected chi connectivity index (χ3v) is 2.63. The van der Waals surface area contributed by atoms with Crippen LogP contribution < -0.4 is 5.32 Å². The first-order valence-corrected chi connectivity index (χ1v) is 5.96. The first kappa shape index (κ1) is 12.9. The second-order valence-corrected chi connectivity index (χ2v) is 4.06. The van der Waals surface area contributed by atoms with Gasteiger partial charge in [-0.05, 0) is 24.3 Å². The third-order valence-electron chi connectivity index (χ3n) is 2.63. The van der Waals surface area contributed by atoms with Gasteiger partial charge in [-0.3, -0.25) is 4.79 Å². The van der Waals surface area contributed by atoms with Gasteiger partial charge >= 0.3 is 0 Å². The summed E-state index contributed by atoms with van der Waals surface area (Å²) in [5.41, 5.74) is 0.617. The number of aromatic nitrogens is 5. The SMILES string of the molecule is O=C(Nc1ccc(F)cc1)c1cnc(-n2cncn2)cn1. The molecule has 8 heteroatoms. The first-order chi connectivity index (χ1) is 10.2. The van der Waals surface area contributed by atoms with Crippen molar-refractivity contribution in [2.45, 2.75) is 0 Å². The van der Waals surface area contributed by atoms with Crippen LogP contribution in [0.2, 0.25) is 0 Å². The van der Waals surface area contributed by atoms with Gasteiger partial charge in [0.25, 0.3) is 5.91 Å². The summed E-state index contributed by atoms with van der Waals surface area (Å²) in [4.78, 5) is 23.8. The van der Waals surface area contributed by atoms with Gasteiger partial charge in [-0.15, -0.1) is 0 Å². The number of nitrogens with one attached hydrogen (secondary N) is 1. The van der Waals surface area contributed by atoms with Crippen molar-refractivity contribution < 1.29 is 9.18 Å². The summed E-state index contributed by atoms with van der Waals surface area (Å²) >= 11 is 0. The molecule has 0 spiro atoms. The molecule has 1 N–H and O–H groups in total. The number of anilines is 1. The van der Waals surface area contributed by atoms with Crippen LogP contribution in [0.1, 0.15) is 10.5 Å². The molecular formula is C13H9FN6O. The molecule has 0 fully saturated rings. The number of benzene rings is 1. The molecule has 0 saturated carbocycles. The number of carbonyl (C=O) groups excluding carboxylic acids is 1. The zero-order chi connectivity index (χ0) is 14.7. The maximum Gasteiger partial charge on any atom is 0.275 e. The normalized spacial score (nSPS) is 10.3. The summed E-state index contributed by atoms with van der Waals surface area (Å²) < 4.78 is 14.2. The lowest BCUT2D eigenvalue weighted by atomic mass is 10.3. The lowest BCUT2D eigenvalue weighted by Gasteiger charge is -2.05. The van der Waals surface area contributed by atoms with Gasteiger partial charge in [0.05, 0.1) is 12.4 Å². The highest BCUT2D eigenvalue weighted by molar-refractivity contribution is 6.02. The van der Waals surface area contributed by atoms with E-state index >= 15 is 0 Å². The van der Waals surface area contributed by atoms with Crippen molar-refractivity contribution in [2.75, 3.05) is 5.32 Å². The lowest BCUT2D eigenvalue weighted by Crippen LogP contribution is -2.14. The Morgan fingerprint density at radius 2 is 1.95 bits per heavy atom. The van der Waals surface area contributed by atoms with Crippen LogP contribution in [0.15, 0.2) is 49.3 Å². The minimum atomic E-state index is -0.431. The molecule has 0 aliphatic rings. The topological polar surface area (TPSA) is 85.6 Å². The molecule has 21 heavy (non-hydrogen) atoms. The quantitative estimate of drug-likeness (QED) is 0.786. The number of carbonyl (C=O) groups is 1. The Hall–Kier alpha value is -3.16. The highest BCUT2D eigenvalue weighted by atomic mass is 19.1. The molecule has 0 atom stereocenters. The molecule has 1 amide bonds. The predicted molar refractivity (Wildman–Crippen MR) is 71.3 cm³/mol. The van der Waals surface area contributed by atoms with Gasteiger partial charge < -0.3 is 5.32 Å². The molecular weight excluding hydrogens is 275 g/mol. The fraction of sp³-hybridized carbons (Fsp3) is 0. The van der Waals surface area contributed by atoms with Crippen LogP contribution in [0.3, 0.4) is 0 Å². The maximum atomic E-state index is 12.8. The predicted octanol–water partition coefficient (Wildman–Crippen LogP) is 1.45. The van der Waals surface area contributed by atoms with Crippen molar-refractivity contribution in [3.05, 3.63) is 60.8 Å². The summed E-state index contributed by atoms with van der Waals surface area (Å²) in [6.45, 7) is 0. The standard InChI is InChI=1S/C13H9FN6O/c14-9-1-3-10(4-2-9)19-13(21)11-5-17-12(6-16-11)20-8-15-7-18-20/h1-8H,(H,19,21). The lowest BCUT2D eigenvalue weighted by molar-refractivity contribution is 0.102. The molecule has 0 unspecified atom stereocenters. The minimum Gasteiger partial charge on any atom is -0.321 e. The molecule has 1 aromatic carbocycles. The van der Waals surface area contributed by atoms with E-state index < -0.39 is 5.91 Å². The fourth-order valence-electron chi connectivity index (χ4n) is 1.61. The summed E-state index contributed by atoms with van der Waals surface area (Å²) in [5, 5.41) is 6.50. The van der Waals surface area contributed by atoms with Crippen LogP contribution in [0.5, 0.6) is 0 Å². The molecule has 0 aliphatic heterocycles. The Morgan fingerprint density at radius 1 is 1.14 bits per heavy atom. The van der Waals surface area contributed by atoms with Crippen LogP contribution in [0, 0.1) is 5.82 Å². The highest BCUT2D eigenvalue weighted by Gasteiger charge is 2.09. The Kier molecular flexibility index (Phi) is 3.34. The Labute approximate surface area is 118 Å². The van der Waals surface area contributed by atoms with Crippen molar-refractivity contribution in [3.8, 4) is 5.82 Å². The van der Waals surface area contributed by atoms with E-state index in [1.807, 2.05) is 0 Å². The molecule has 2 aromatic heterocycles. The molecule has 3 rings (SSSR count). The zero-order valence-corrected chi connectivity index (χ0v) is 10.6. The van der Waals surface area contributed by atoms with Crippen molar-refractivity contribution in [3.63, 3.8) is 0 Å². The Balaban J connectivity index is 1.74. The van der Waals surface area contributed by atoms with Gasteiger partial charge in [-0.25, -0.2) is 24.0 Å². The molecule has 0 aliphatic carbocycles. The smallest absolute Gasteiger partial charge is 0.275 e. The van der Waals surface area contributed by atoms with Crippen LogP contribution in [-0.2, 0) is 0 Å². The fourth-order valence-corrected chi connectivity index (χ4v) is 1.61. The largest absolute Gasteiger partial charge is 0.321 e. The van der Waals surface area contributed by atoms with E-state index in [-0.39, 0.29) is 11.5 Å². The van der Waals surface area contributed by atoms with Gasteiger partial charge in [0, 0.05) is 5.69 Å². The number of hydrogen-bond donors (Lipinski definition) is 1. The first-order valence-electron chi connectivity index (χ1n) is 5.96. The summed E-state index contributed by atoms with van der Waals surface area (Å²) in [6, 6.07) is 5.44. The van der Waals surface area contributed by atoms with Crippen molar-refractivity contribution in [2.24, 2.45) is 0 Å². The van der Waals surface area contributed by atoms with Gasteiger partial charge in [0.15, 0.2) is 5.82 Å². The molecule has 2 heterocycles. The number of hydrogen-bond acceptors (Lipinski definition) is 5. The van der Waals surface area contributed by atoms with E-state index in [1.165, 1.54) is 54.0 Å². The summed E-state index contributed by atoms with van der Waals surface area (Å²) in [6.07, 6.45) is 5.59. The monoisotopic (exact) mass is 284 g/mol. The Morgan fingerprint density at radius 3 is 2.57 bits per heavy atom. The minimum absolute atomic E-state index is 0.142. The van der Waals surface area contributed by atoms with Crippen LogP contribution >= 0.6 is 0 Å². The van der Waals surface area contributed by atoms with E-state index in [0.717, 1.165) is 0 Å². The van der Waals surface area contributed by atoms with Gasteiger partial charge in [-0.1, -0.05) is 0 Å². The highest BCUT2D eigenvalue weighted by Crippen LogP contribution is 2.09.